The second-order valence-corrected chi connectivity index (χ2v) is 5.39. The summed E-state index contributed by atoms with van der Waals surface area (Å²) in [6, 6.07) is 17.6. The first-order valence-electron chi connectivity index (χ1n) is 7.17. The van der Waals surface area contributed by atoms with Gasteiger partial charge in [0.1, 0.15) is 0 Å². The molecule has 4 heteroatoms. The van der Waals surface area contributed by atoms with E-state index in [0.29, 0.717) is 6.54 Å². The van der Waals surface area contributed by atoms with Gasteiger partial charge in [-0.2, -0.15) is 0 Å². The molecule has 0 radical (unpaired) electrons. The van der Waals surface area contributed by atoms with Crippen molar-refractivity contribution in [3.05, 3.63) is 65.7 Å². The third-order valence-electron chi connectivity index (χ3n) is 3.52. The maximum atomic E-state index is 12.4. The van der Waals surface area contributed by atoms with Crippen LogP contribution in [0.2, 0.25) is 0 Å². The molecule has 2 aromatic rings. The number of rotatable bonds is 6. The minimum absolute atomic E-state index is 0. The van der Waals surface area contributed by atoms with Gasteiger partial charge in [0.15, 0.2) is 5.78 Å². The zero-order valence-corrected chi connectivity index (χ0v) is 14.1. The zero-order valence-electron chi connectivity index (χ0n) is 13.2. The van der Waals surface area contributed by atoms with Crippen LogP contribution in [0.5, 0.6) is 0 Å². The number of hydrogen-bond donors (Lipinski definition) is 1. The quantitative estimate of drug-likeness (QED) is 0.827. The van der Waals surface area contributed by atoms with Crippen LogP contribution < -0.4 is 10.2 Å². The van der Waals surface area contributed by atoms with Crippen molar-refractivity contribution in [1.82, 2.24) is 5.32 Å². The van der Waals surface area contributed by atoms with Gasteiger partial charge in [0.05, 0.1) is 6.04 Å². The molecule has 1 unspecified atom stereocenters. The number of benzene rings is 2. The normalized spacial score (nSPS) is 11.4. The fourth-order valence-corrected chi connectivity index (χ4v) is 2.13. The fourth-order valence-electron chi connectivity index (χ4n) is 2.13. The summed E-state index contributed by atoms with van der Waals surface area (Å²) in [6.07, 6.45) is 0. The molecule has 0 bridgehead atoms. The maximum absolute atomic E-state index is 12.4. The fraction of sp³-hybridized carbons (Fsp3) is 0.278. The first-order valence-corrected chi connectivity index (χ1v) is 7.17. The van der Waals surface area contributed by atoms with E-state index in [1.807, 2.05) is 68.4 Å². The molecule has 3 nitrogen and oxygen atoms in total. The van der Waals surface area contributed by atoms with E-state index < -0.39 is 0 Å². The van der Waals surface area contributed by atoms with Crippen molar-refractivity contribution in [3.8, 4) is 0 Å². The molecule has 0 fully saturated rings. The first-order chi connectivity index (χ1) is 10.1. The summed E-state index contributed by atoms with van der Waals surface area (Å²) < 4.78 is 0. The summed E-state index contributed by atoms with van der Waals surface area (Å²) in [6.45, 7) is 2.61. The van der Waals surface area contributed by atoms with Gasteiger partial charge in [0.25, 0.3) is 0 Å². The van der Waals surface area contributed by atoms with Crippen LogP contribution >= 0.6 is 12.4 Å². The Hall–Kier alpha value is -1.84. The molecule has 22 heavy (non-hydrogen) atoms. The van der Waals surface area contributed by atoms with Crippen LogP contribution in [0.25, 0.3) is 0 Å². The van der Waals surface area contributed by atoms with Crippen molar-refractivity contribution in [2.24, 2.45) is 0 Å². The lowest BCUT2D eigenvalue weighted by Gasteiger charge is -2.15. The largest absolute Gasteiger partial charge is 0.378 e. The van der Waals surface area contributed by atoms with E-state index in [1.54, 1.807) is 0 Å². The highest BCUT2D eigenvalue weighted by Crippen LogP contribution is 2.13. The van der Waals surface area contributed by atoms with E-state index in [9.17, 15) is 4.79 Å². The summed E-state index contributed by atoms with van der Waals surface area (Å²) >= 11 is 0. The van der Waals surface area contributed by atoms with Gasteiger partial charge in [-0.25, -0.2) is 0 Å². The highest BCUT2D eigenvalue weighted by atomic mass is 35.5. The van der Waals surface area contributed by atoms with Crippen molar-refractivity contribution in [3.63, 3.8) is 0 Å². The van der Waals surface area contributed by atoms with E-state index >= 15 is 0 Å². The number of nitrogens with one attached hydrogen (secondary N) is 1. The van der Waals surface area contributed by atoms with Crippen LogP contribution in [0.3, 0.4) is 0 Å². The molecule has 1 N–H and O–H groups in total. The lowest BCUT2D eigenvalue weighted by molar-refractivity contribution is 0.0950. The van der Waals surface area contributed by atoms with Crippen LogP contribution in [0, 0.1) is 0 Å². The summed E-state index contributed by atoms with van der Waals surface area (Å²) in [7, 11) is 3.97. The van der Waals surface area contributed by atoms with Gasteiger partial charge >= 0.3 is 0 Å². The van der Waals surface area contributed by atoms with Crippen LogP contribution in [-0.2, 0) is 6.54 Å². The molecule has 0 saturated carbocycles. The molecule has 0 spiro atoms. The number of carbonyl (C=O) groups is 1. The van der Waals surface area contributed by atoms with Crippen LogP contribution in [0.1, 0.15) is 22.8 Å². The number of ketones is 1. The molecule has 2 rings (SSSR count). The molecule has 0 aliphatic rings. The molecule has 0 amide bonds. The van der Waals surface area contributed by atoms with Crippen LogP contribution in [0.4, 0.5) is 5.69 Å². The van der Waals surface area contributed by atoms with Gasteiger partial charge in [0.2, 0.25) is 0 Å². The van der Waals surface area contributed by atoms with Gasteiger partial charge in [-0.3, -0.25) is 4.79 Å². The number of nitrogens with zero attached hydrogens (tertiary/aromatic N) is 1. The average molecular weight is 319 g/mol. The van der Waals surface area contributed by atoms with Gasteiger partial charge in [-0.1, -0.05) is 30.3 Å². The van der Waals surface area contributed by atoms with Crippen LogP contribution in [-0.4, -0.2) is 25.9 Å². The highest BCUT2D eigenvalue weighted by molar-refractivity contribution is 6.00. The minimum atomic E-state index is -0.199. The Morgan fingerprint density at radius 1 is 1.05 bits per heavy atom. The van der Waals surface area contributed by atoms with E-state index in [0.717, 1.165) is 11.3 Å². The Kier molecular flexibility index (Phi) is 7.09. The lowest BCUT2D eigenvalue weighted by atomic mass is 10.0. The van der Waals surface area contributed by atoms with E-state index in [2.05, 4.69) is 17.4 Å². The lowest BCUT2D eigenvalue weighted by Crippen LogP contribution is -2.33. The summed E-state index contributed by atoms with van der Waals surface area (Å²) in [4.78, 5) is 14.4. The van der Waals surface area contributed by atoms with E-state index in [4.69, 9.17) is 0 Å². The zero-order chi connectivity index (χ0) is 15.2. The SMILES string of the molecule is CC(NCc1ccccc1)C(=O)c1ccc(N(C)C)cc1.Cl. The Morgan fingerprint density at radius 3 is 2.18 bits per heavy atom. The van der Waals surface area contributed by atoms with Gasteiger partial charge in [-0.05, 0) is 36.8 Å². The number of Topliss-reactive ketones (excluding diaryl/α,β-unsaturated/α-hetero) is 1. The molecular weight excluding hydrogens is 296 g/mol. The molecule has 1 atom stereocenters. The number of carbonyl (C=O) groups excluding carboxylic acids is 1. The maximum Gasteiger partial charge on any atom is 0.179 e. The third kappa shape index (κ3) is 4.86. The van der Waals surface area contributed by atoms with Gasteiger partial charge < -0.3 is 10.2 Å². The topological polar surface area (TPSA) is 32.3 Å². The summed E-state index contributed by atoms with van der Waals surface area (Å²) in [5, 5.41) is 3.27. The van der Waals surface area contributed by atoms with Crippen molar-refractivity contribution >= 4 is 23.9 Å². The van der Waals surface area contributed by atoms with Gasteiger partial charge in [-0.15, -0.1) is 12.4 Å². The predicted octanol–water partition coefficient (Wildman–Crippen LogP) is 3.54. The molecule has 0 aliphatic heterocycles. The van der Waals surface area contributed by atoms with Crippen molar-refractivity contribution in [2.75, 3.05) is 19.0 Å². The highest BCUT2D eigenvalue weighted by Gasteiger charge is 2.14. The predicted molar refractivity (Wildman–Crippen MR) is 95.1 cm³/mol. The summed E-state index contributed by atoms with van der Waals surface area (Å²) in [5.74, 6) is 0.122. The van der Waals surface area contributed by atoms with E-state index in [1.165, 1.54) is 5.56 Å². The smallest absolute Gasteiger partial charge is 0.179 e. The Labute approximate surface area is 138 Å². The molecule has 0 aromatic heterocycles. The molecule has 2 aromatic carbocycles. The number of anilines is 1. The van der Waals surface area contributed by atoms with Crippen molar-refractivity contribution in [1.29, 1.82) is 0 Å². The monoisotopic (exact) mass is 318 g/mol. The second-order valence-electron chi connectivity index (χ2n) is 5.39. The molecule has 0 saturated heterocycles. The Morgan fingerprint density at radius 2 is 1.64 bits per heavy atom. The Bertz CT molecular complexity index is 582. The van der Waals surface area contributed by atoms with Crippen molar-refractivity contribution in [2.45, 2.75) is 19.5 Å². The second kappa shape index (κ2) is 8.57. The van der Waals surface area contributed by atoms with Gasteiger partial charge in [0, 0.05) is 31.9 Å². The molecule has 0 aliphatic carbocycles. The summed E-state index contributed by atoms with van der Waals surface area (Å²) in [5.41, 5.74) is 3.02. The van der Waals surface area contributed by atoms with Crippen molar-refractivity contribution < 1.29 is 4.79 Å². The molecular formula is C18H23ClN2O. The number of hydrogen-bond acceptors (Lipinski definition) is 3. The number of halogens is 1. The minimum Gasteiger partial charge on any atom is -0.378 e. The molecule has 118 valence electrons. The first kappa shape index (κ1) is 18.2. The molecule has 0 heterocycles. The van der Waals surface area contributed by atoms with Crippen LogP contribution in [0.15, 0.2) is 54.6 Å². The van der Waals surface area contributed by atoms with E-state index in [-0.39, 0.29) is 24.2 Å². The third-order valence-corrected chi connectivity index (χ3v) is 3.52. The average Bonchev–Trinajstić information content (AvgIpc) is 2.53. The standard InChI is InChI=1S/C18H22N2O.ClH/c1-14(19-13-15-7-5-4-6-8-15)18(21)16-9-11-17(12-10-16)20(2)3;/h4-12,14,19H,13H2,1-3H3;1H. The Balaban J connectivity index is 0.00000242.